The third kappa shape index (κ3) is 4.05. The molecule has 136 valence electrons. The number of benzene rings is 1. The fourth-order valence-electron chi connectivity index (χ4n) is 3.09. The van der Waals surface area contributed by atoms with Crippen molar-refractivity contribution in [1.82, 2.24) is 20.4 Å². The Bertz CT molecular complexity index is 709. The highest BCUT2D eigenvalue weighted by atomic mass is 35.5. The molecule has 1 fully saturated rings. The van der Waals surface area contributed by atoms with Crippen molar-refractivity contribution in [3.8, 4) is 11.5 Å². The van der Waals surface area contributed by atoms with Crippen LogP contribution in [-0.4, -0.2) is 54.9 Å². The lowest BCUT2D eigenvalue weighted by Crippen LogP contribution is -2.44. The summed E-state index contributed by atoms with van der Waals surface area (Å²) in [6.45, 7) is 4.07. The van der Waals surface area contributed by atoms with Crippen LogP contribution in [0.4, 0.5) is 0 Å². The van der Waals surface area contributed by atoms with E-state index in [2.05, 4.69) is 33.5 Å². The summed E-state index contributed by atoms with van der Waals surface area (Å²) < 4.78 is 16.6. The van der Waals surface area contributed by atoms with E-state index < -0.39 is 0 Å². The number of rotatable bonds is 4. The molecule has 0 bridgehead atoms. The Morgan fingerprint density at radius 3 is 2.88 bits per heavy atom. The number of hydrogen-bond acceptors (Lipinski definition) is 7. The number of fused-ring (bicyclic) bond motifs is 1. The molecule has 0 spiro atoms. The van der Waals surface area contributed by atoms with Gasteiger partial charge in [0.1, 0.15) is 13.2 Å². The zero-order valence-electron chi connectivity index (χ0n) is 14.2. The number of likely N-dealkylation sites (N-methyl/N-ethyl adjacent to an activating group) is 1. The van der Waals surface area contributed by atoms with Gasteiger partial charge in [0.25, 0.3) is 0 Å². The van der Waals surface area contributed by atoms with E-state index in [0.29, 0.717) is 19.1 Å². The van der Waals surface area contributed by atoms with E-state index in [0.717, 1.165) is 49.8 Å². The molecule has 2 aliphatic heterocycles. The summed E-state index contributed by atoms with van der Waals surface area (Å²) in [5, 5.41) is 7.53. The average molecular weight is 367 g/mol. The van der Waals surface area contributed by atoms with Crippen molar-refractivity contribution in [2.75, 3.05) is 39.9 Å². The predicted octanol–water partition coefficient (Wildman–Crippen LogP) is 1.62. The molecular formula is C17H23ClN4O3. The molecule has 0 radical (unpaired) electrons. The summed E-state index contributed by atoms with van der Waals surface area (Å²) in [7, 11) is 2.09. The van der Waals surface area contributed by atoms with Crippen molar-refractivity contribution in [2.45, 2.75) is 18.9 Å². The number of halogens is 1. The SMILES string of the molecule is CN1CCNCC1c1noc(CCc2ccc3c(c2)OCCO3)n1.Cl. The van der Waals surface area contributed by atoms with Crippen LogP contribution in [-0.2, 0) is 12.8 Å². The van der Waals surface area contributed by atoms with E-state index >= 15 is 0 Å². The number of ether oxygens (including phenoxy) is 2. The lowest BCUT2D eigenvalue weighted by molar-refractivity contribution is 0.171. The van der Waals surface area contributed by atoms with Crippen LogP contribution in [0.5, 0.6) is 11.5 Å². The minimum atomic E-state index is 0. The Morgan fingerprint density at radius 1 is 1.20 bits per heavy atom. The van der Waals surface area contributed by atoms with Crippen LogP contribution < -0.4 is 14.8 Å². The van der Waals surface area contributed by atoms with Crippen LogP contribution in [0, 0.1) is 0 Å². The molecule has 1 atom stereocenters. The van der Waals surface area contributed by atoms with Crippen molar-refractivity contribution in [3.63, 3.8) is 0 Å². The first-order valence-corrected chi connectivity index (χ1v) is 8.41. The molecule has 8 heteroatoms. The summed E-state index contributed by atoms with van der Waals surface area (Å²) in [5.41, 5.74) is 1.18. The number of piperazine rings is 1. The standard InChI is InChI=1S/C17H22N4O3.ClH/c1-21-7-6-18-11-13(21)17-19-16(24-20-17)5-3-12-2-4-14-15(10-12)23-9-8-22-14;/h2,4,10,13,18H,3,5-9,11H2,1H3;1H. The second-order valence-electron chi connectivity index (χ2n) is 6.22. The topological polar surface area (TPSA) is 72.7 Å². The van der Waals surface area contributed by atoms with Gasteiger partial charge in [-0.25, -0.2) is 0 Å². The molecule has 7 nitrogen and oxygen atoms in total. The van der Waals surface area contributed by atoms with Crippen LogP contribution in [0.3, 0.4) is 0 Å². The van der Waals surface area contributed by atoms with Gasteiger partial charge in [-0.1, -0.05) is 11.2 Å². The van der Waals surface area contributed by atoms with Gasteiger partial charge in [0.2, 0.25) is 5.89 Å². The van der Waals surface area contributed by atoms with Crippen LogP contribution in [0.15, 0.2) is 22.7 Å². The summed E-state index contributed by atoms with van der Waals surface area (Å²) in [4.78, 5) is 6.83. The molecular weight excluding hydrogens is 344 g/mol. The van der Waals surface area contributed by atoms with Crippen LogP contribution in [0.1, 0.15) is 23.3 Å². The third-order valence-corrected chi connectivity index (χ3v) is 4.53. The van der Waals surface area contributed by atoms with Crippen LogP contribution in [0.25, 0.3) is 0 Å². The maximum Gasteiger partial charge on any atom is 0.227 e. The Hall–Kier alpha value is -1.83. The zero-order valence-corrected chi connectivity index (χ0v) is 15.1. The van der Waals surface area contributed by atoms with Crippen molar-refractivity contribution in [3.05, 3.63) is 35.5 Å². The third-order valence-electron chi connectivity index (χ3n) is 4.53. The fourth-order valence-corrected chi connectivity index (χ4v) is 3.09. The molecule has 1 N–H and O–H groups in total. The van der Waals surface area contributed by atoms with Gasteiger partial charge >= 0.3 is 0 Å². The quantitative estimate of drug-likeness (QED) is 0.881. The van der Waals surface area contributed by atoms with E-state index in [-0.39, 0.29) is 18.4 Å². The number of aromatic nitrogens is 2. The van der Waals surface area contributed by atoms with Gasteiger partial charge in [0.05, 0.1) is 6.04 Å². The lowest BCUT2D eigenvalue weighted by Gasteiger charge is -2.30. The molecule has 1 aromatic heterocycles. The minimum absolute atomic E-state index is 0. The van der Waals surface area contributed by atoms with Gasteiger partial charge in [-0.15, -0.1) is 12.4 Å². The molecule has 2 aromatic rings. The predicted molar refractivity (Wildman–Crippen MR) is 94.6 cm³/mol. The van der Waals surface area contributed by atoms with Gasteiger partial charge in [0, 0.05) is 26.1 Å². The molecule has 0 aliphatic carbocycles. The second kappa shape index (κ2) is 8.03. The smallest absolute Gasteiger partial charge is 0.227 e. The molecule has 1 unspecified atom stereocenters. The van der Waals surface area contributed by atoms with Gasteiger partial charge in [-0.3, -0.25) is 4.90 Å². The summed E-state index contributed by atoms with van der Waals surface area (Å²) in [5.74, 6) is 3.08. The minimum Gasteiger partial charge on any atom is -0.486 e. The maximum absolute atomic E-state index is 5.62. The number of nitrogens with zero attached hydrogens (tertiary/aromatic N) is 3. The molecule has 3 heterocycles. The summed E-state index contributed by atoms with van der Waals surface area (Å²) in [6.07, 6.45) is 1.55. The van der Waals surface area contributed by atoms with Crippen molar-refractivity contribution in [2.24, 2.45) is 0 Å². The fraction of sp³-hybridized carbons (Fsp3) is 0.529. The van der Waals surface area contributed by atoms with Crippen LogP contribution in [0.2, 0.25) is 0 Å². The Morgan fingerprint density at radius 2 is 2.04 bits per heavy atom. The Labute approximate surface area is 153 Å². The van der Waals surface area contributed by atoms with E-state index in [1.54, 1.807) is 0 Å². The molecule has 0 amide bonds. The Balaban J connectivity index is 0.00000182. The summed E-state index contributed by atoms with van der Waals surface area (Å²) >= 11 is 0. The lowest BCUT2D eigenvalue weighted by atomic mass is 10.1. The highest BCUT2D eigenvalue weighted by Crippen LogP contribution is 2.31. The zero-order chi connectivity index (χ0) is 16.4. The molecule has 4 rings (SSSR count). The molecule has 0 saturated carbocycles. The summed E-state index contributed by atoms with van der Waals surface area (Å²) in [6, 6.07) is 6.24. The molecule has 1 saturated heterocycles. The van der Waals surface area contributed by atoms with Crippen molar-refractivity contribution < 1.29 is 14.0 Å². The number of nitrogens with one attached hydrogen (secondary N) is 1. The number of aryl methyl sites for hydroxylation is 2. The largest absolute Gasteiger partial charge is 0.486 e. The van der Waals surface area contributed by atoms with Crippen LogP contribution >= 0.6 is 12.4 Å². The number of hydrogen-bond donors (Lipinski definition) is 1. The van der Waals surface area contributed by atoms with Gasteiger partial charge in [-0.2, -0.15) is 4.98 Å². The normalized spacial score (nSPS) is 20.1. The first kappa shape index (κ1) is 18.0. The highest BCUT2D eigenvalue weighted by molar-refractivity contribution is 5.85. The van der Waals surface area contributed by atoms with Gasteiger partial charge in [-0.05, 0) is 31.2 Å². The monoisotopic (exact) mass is 366 g/mol. The molecule has 1 aromatic carbocycles. The molecule has 25 heavy (non-hydrogen) atoms. The van der Waals surface area contributed by atoms with Crippen molar-refractivity contribution in [1.29, 1.82) is 0 Å². The van der Waals surface area contributed by atoms with E-state index in [4.69, 9.17) is 14.0 Å². The highest BCUT2D eigenvalue weighted by Gasteiger charge is 2.25. The second-order valence-corrected chi connectivity index (χ2v) is 6.22. The van der Waals surface area contributed by atoms with Crippen molar-refractivity contribution >= 4 is 12.4 Å². The van der Waals surface area contributed by atoms with E-state index in [1.165, 1.54) is 5.56 Å². The van der Waals surface area contributed by atoms with Gasteiger partial charge < -0.3 is 19.3 Å². The maximum atomic E-state index is 5.62. The molecule has 2 aliphatic rings. The first-order chi connectivity index (χ1) is 11.8. The first-order valence-electron chi connectivity index (χ1n) is 8.41. The average Bonchev–Trinajstić information content (AvgIpc) is 3.09. The van der Waals surface area contributed by atoms with E-state index in [1.807, 2.05) is 12.1 Å². The van der Waals surface area contributed by atoms with Gasteiger partial charge in [0.15, 0.2) is 17.3 Å². The Kier molecular flexibility index (Phi) is 5.78. The van der Waals surface area contributed by atoms with E-state index in [9.17, 15) is 0 Å².